The van der Waals surface area contributed by atoms with Crippen molar-refractivity contribution in [2.75, 3.05) is 6.61 Å². The maximum absolute atomic E-state index is 14.5. The lowest BCUT2D eigenvalue weighted by Crippen LogP contribution is -2.26. The first kappa shape index (κ1) is 21.0. The van der Waals surface area contributed by atoms with Crippen molar-refractivity contribution < 1.29 is 27.0 Å². The molecule has 0 amide bonds. The van der Waals surface area contributed by atoms with E-state index in [0.29, 0.717) is 11.0 Å². The summed E-state index contributed by atoms with van der Waals surface area (Å²) in [5, 5.41) is -0.0473. The molecule has 0 N–H and O–H groups in total. The van der Waals surface area contributed by atoms with Gasteiger partial charge in [-0.25, -0.2) is 8.96 Å². The van der Waals surface area contributed by atoms with Crippen molar-refractivity contribution in [3.05, 3.63) is 45.1 Å². The van der Waals surface area contributed by atoms with E-state index in [9.17, 15) is 22.4 Å². The molecule has 1 aromatic heterocycles. The lowest BCUT2D eigenvalue weighted by molar-refractivity contribution is -0.141. The average molecular weight is 409 g/mol. The number of benzene rings is 1. The van der Waals surface area contributed by atoms with E-state index in [1.165, 1.54) is 0 Å². The Morgan fingerprint density at radius 1 is 1.26 bits per heavy atom. The molecule has 10 heteroatoms. The highest BCUT2D eigenvalue weighted by Gasteiger charge is 2.35. The molecule has 27 heavy (non-hydrogen) atoms. The van der Waals surface area contributed by atoms with Crippen molar-refractivity contribution >= 4 is 11.6 Å². The van der Waals surface area contributed by atoms with E-state index >= 15 is 0 Å². The van der Waals surface area contributed by atoms with Crippen LogP contribution in [-0.2, 0) is 6.18 Å². The highest BCUT2D eigenvalue weighted by Crippen LogP contribution is 2.32. The molecule has 0 saturated carbocycles. The third-order valence-electron chi connectivity index (χ3n) is 3.22. The fraction of sp³-hybridized carbons (Fsp3) is 0.412. The Bertz CT molecular complexity index is 882. The summed E-state index contributed by atoms with van der Waals surface area (Å²) in [4.78, 5) is 15.7. The summed E-state index contributed by atoms with van der Waals surface area (Å²) in [6.45, 7) is 5.12. The summed E-state index contributed by atoms with van der Waals surface area (Å²) >= 11 is 5.93. The zero-order valence-corrected chi connectivity index (χ0v) is 15.5. The molecule has 2 aromatic rings. The molecule has 0 fully saturated rings. The van der Waals surface area contributed by atoms with Gasteiger partial charge in [0.15, 0.2) is 5.69 Å². The minimum absolute atomic E-state index is 0.0156. The van der Waals surface area contributed by atoms with Crippen LogP contribution in [0.3, 0.4) is 0 Å². The van der Waals surface area contributed by atoms with Gasteiger partial charge in [0.25, 0.3) is 5.56 Å². The highest BCUT2D eigenvalue weighted by atomic mass is 35.5. The molecule has 2 rings (SSSR count). The smallest absolute Gasteiger partial charge is 0.433 e. The summed E-state index contributed by atoms with van der Waals surface area (Å²) < 4.78 is 64.6. The monoisotopic (exact) mass is 408 g/mol. The molecule has 1 heterocycles. The van der Waals surface area contributed by atoms with Gasteiger partial charge in [0.2, 0.25) is 0 Å². The first-order chi connectivity index (χ1) is 12.5. The standard InChI is InChI=1S/C17H17ClF4N2O3/c1-4-5-26-16-23-14(17(20,21)22)8-15(25)24(16)12-7-13(27-9(2)3)10(18)6-11(12)19/h6-9H,4-5H2,1-3H3. The van der Waals surface area contributed by atoms with Crippen LogP contribution in [0.4, 0.5) is 17.6 Å². The van der Waals surface area contributed by atoms with Crippen LogP contribution in [0.1, 0.15) is 32.9 Å². The fourth-order valence-corrected chi connectivity index (χ4v) is 2.35. The molecule has 0 aliphatic carbocycles. The number of aromatic nitrogens is 2. The predicted molar refractivity (Wildman–Crippen MR) is 91.4 cm³/mol. The largest absolute Gasteiger partial charge is 0.489 e. The predicted octanol–water partition coefficient (Wildman–Crippen LogP) is 4.62. The van der Waals surface area contributed by atoms with Crippen molar-refractivity contribution in [3.8, 4) is 17.4 Å². The van der Waals surface area contributed by atoms with Crippen LogP contribution in [0.5, 0.6) is 11.8 Å². The number of halogens is 5. The quantitative estimate of drug-likeness (QED) is 0.654. The first-order valence-corrected chi connectivity index (χ1v) is 8.42. The Kier molecular flexibility index (Phi) is 6.35. The van der Waals surface area contributed by atoms with Gasteiger partial charge in [-0.2, -0.15) is 18.2 Å². The molecule has 0 aliphatic heterocycles. The number of ether oxygens (including phenoxy) is 2. The van der Waals surface area contributed by atoms with Gasteiger partial charge in [0.05, 0.1) is 23.4 Å². The van der Waals surface area contributed by atoms with Gasteiger partial charge in [0.1, 0.15) is 11.6 Å². The van der Waals surface area contributed by atoms with E-state index in [1.54, 1.807) is 20.8 Å². The van der Waals surface area contributed by atoms with Crippen LogP contribution in [0.15, 0.2) is 23.0 Å². The number of hydrogen-bond acceptors (Lipinski definition) is 4. The third-order valence-corrected chi connectivity index (χ3v) is 3.51. The summed E-state index contributed by atoms with van der Waals surface area (Å²) in [6.07, 6.45) is -4.72. The van der Waals surface area contributed by atoms with Crippen molar-refractivity contribution in [1.82, 2.24) is 9.55 Å². The second-order valence-corrected chi connectivity index (χ2v) is 6.25. The number of alkyl halides is 3. The molecule has 1 aromatic carbocycles. The van der Waals surface area contributed by atoms with E-state index in [-0.39, 0.29) is 35.2 Å². The first-order valence-electron chi connectivity index (χ1n) is 8.04. The van der Waals surface area contributed by atoms with Crippen LogP contribution >= 0.6 is 11.6 Å². The Labute approximate surface area is 157 Å². The lowest BCUT2D eigenvalue weighted by Gasteiger charge is -2.17. The van der Waals surface area contributed by atoms with Crippen molar-refractivity contribution in [1.29, 1.82) is 0 Å². The maximum atomic E-state index is 14.5. The van der Waals surface area contributed by atoms with Crippen LogP contribution in [0, 0.1) is 5.82 Å². The van der Waals surface area contributed by atoms with E-state index in [0.717, 1.165) is 12.1 Å². The van der Waals surface area contributed by atoms with E-state index in [2.05, 4.69) is 4.98 Å². The van der Waals surface area contributed by atoms with Gasteiger partial charge in [0, 0.05) is 12.1 Å². The van der Waals surface area contributed by atoms with Crippen molar-refractivity contribution in [2.45, 2.75) is 39.5 Å². The Balaban J connectivity index is 2.71. The van der Waals surface area contributed by atoms with Gasteiger partial charge < -0.3 is 9.47 Å². The molecule has 0 atom stereocenters. The fourth-order valence-electron chi connectivity index (χ4n) is 2.15. The summed E-state index contributed by atoms with van der Waals surface area (Å²) in [5.74, 6) is -0.877. The lowest BCUT2D eigenvalue weighted by atomic mass is 10.2. The van der Waals surface area contributed by atoms with Gasteiger partial charge in [-0.05, 0) is 26.3 Å². The second kappa shape index (κ2) is 8.16. The number of nitrogens with zero attached hydrogens (tertiary/aromatic N) is 2. The molecule has 0 unspecified atom stereocenters. The van der Waals surface area contributed by atoms with Gasteiger partial charge in [-0.3, -0.25) is 4.79 Å². The molecule has 0 bridgehead atoms. The molecular weight excluding hydrogens is 392 g/mol. The van der Waals surface area contributed by atoms with Gasteiger partial charge in [-0.1, -0.05) is 18.5 Å². The van der Waals surface area contributed by atoms with E-state index < -0.39 is 29.3 Å². The zero-order chi connectivity index (χ0) is 20.4. The Morgan fingerprint density at radius 3 is 2.48 bits per heavy atom. The third kappa shape index (κ3) is 4.91. The van der Waals surface area contributed by atoms with Crippen molar-refractivity contribution in [2.24, 2.45) is 0 Å². The Morgan fingerprint density at radius 2 is 1.93 bits per heavy atom. The van der Waals surface area contributed by atoms with Crippen LogP contribution in [0.25, 0.3) is 5.69 Å². The summed E-state index contributed by atoms with van der Waals surface area (Å²) in [7, 11) is 0. The Hall–Kier alpha value is -2.29. The van der Waals surface area contributed by atoms with Gasteiger partial charge in [-0.15, -0.1) is 0 Å². The minimum Gasteiger partial charge on any atom is -0.489 e. The molecule has 5 nitrogen and oxygen atoms in total. The minimum atomic E-state index is -4.85. The topological polar surface area (TPSA) is 53.3 Å². The van der Waals surface area contributed by atoms with Crippen LogP contribution in [0.2, 0.25) is 5.02 Å². The summed E-state index contributed by atoms with van der Waals surface area (Å²) in [5.41, 5.74) is -2.96. The molecule has 0 saturated heterocycles. The van der Waals surface area contributed by atoms with Crippen molar-refractivity contribution in [3.63, 3.8) is 0 Å². The van der Waals surface area contributed by atoms with Gasteiger partial charge >= 0.3 is 12.2 Å². The SMILES string of the molecule is CCCOc1nc(C(F)(F)F)cc(=O)n1-c1cc(OC(C)C)c(Cl)cc1F. The zero-order valence-electron chi connectivity index (χ0n) is 14.7. The van der Waals surface area contributed by atoms with E-state index in [1.807, 2.05) is 0 Å². The molecule has 148 valence electrons. The molecule has 0 radical (unpaired) electrons. The average Bonchev–Trinajstić information content (AvgIpc) is 2.54. The molecule has 0 aliphatic rings. The maximum Gasteiger partial charge on any atom is 0.433 e. The molecular formula is C17H17ClF4N2O3. The number of rotatable bonds is 6. The normalized spacial score (nSPS) is 11.7. The molecule has 0 spiro atoms. The summed E-state index contributed by atoms with van der Waals surface area (Å²) in [6, 6.07) is 1.62. The van der Waals surface area contributed by atoms with Crippen LogP contribution < -0.4 is 15.0 Å². The highest BCUT2D eigenvalue weighted by molar-refractivity contribution is 6.32. The van der Waals surface area contributed by atoms with E-state index in [4.69, 9.17) is 21.1 Å². The number of hydrogen-bond donors (Lipinski definition) is 0. The van der Waals surface area contributed by atoms with Crippen LogP contribution in [-0.4, -0.2) is 22.3 Å². The second-order valence-electron chi connectivity index (χ2n) is 5.84.